The summed E-state index contributed by atoms with van der Waals surface area (Å²) >= 11 is 0. The number of aliphatic hydroxyl groups excluding tert-OH is 1. The molecule has 0 spiro atoms. The van der Waals surface area contributed by atoms with Gasteiger partial charge in [-0.25, -0.2) is 0 Å². The van der Waals surface area contributed by atoms with Crippen LogP contribution >= 0.6 is 0 Å². The molecule has 5 heteroatoms. The van der Waals surface area contributed by atoms with Crippen molar-refractivity contribution in [3.05, 3.63) is 0 Å². The van der Waals surface area contributed by atoms with E-state index < -0.39 is 12.0 Å². The zero-order chi connectivity index (χ0) is 10.7. The van der Waals surface area contributed by atoms with Crippen LogP contribution in [0.2, 0.25) is 0 Å². The van der Waals surface area contributed by atoms with Crippen LogP contribution in [-0.2, 0) is 9.53 Å². The molecule has 3 atom stereocenters. The van der Waals surface area contributed by atoms with Crippen molar-refractivity contribution < 1.29 is 19.7 Å². The molecule has 14 heavy (non-hydrogen) atoms. The Hall–Kier alpha value is -0.650. The lowest BCUT2D eigenvalue weighted by atomic mass is 10.1. The molecule has 5 nitrogen and oxygen atoms in total. The van der Waals surface area contributed by atoms with Crippen LogP contribution in [-0.4, -0.2) is 59.0 Å². The van der Waals surface area contributed by atoms with Gasteiger partial charge in [0, 0.05) is 13.1 Å². The third-order valence-electron chi connectivity index (χ3n) is 2.46. The number of nitrogens with zero attached hydrogens (tertiary/aromatic N) is 1. The lowest BCUT2D eigenvalue weighted by molar-refractivity contribution is -0.150. The van der Waals surface area contributed by atoms with Gasteiger partial charge in [0.05, 0.1) is 18.8 Å². The van der Waals surface area contributed by atoms with Crippen LogP contribution in [0.4, 0.5) is 0 Å². The number of aliphatic carboxylic acids is 1. The van der Waals surface area contributed by atoms with E-state index in [1.165, 1.54) is 0 Å². The number of aliphatic hydroxyl groups is 1. The number of carbonyl (C=O) groups is 1. The first-order valence-electron chi connectivity index (χ1n) is 4.77. The number of carboxylic acids is 1. The zero-order valence-electron chi connectivity index (χ0n) is 8.51. The van der Waals surface area contributed by atoms with Gasteiger partial charge in [-0.2, -0.15) is 0 Å². The van der Waals surface area contributed by atoms with Gasteiger partial charge in [-0.15, -0.1) is 0 Å². The van der Waals surface area contributed by atoms with Crippen molar-refractivity contribution in [2.24, 2.45) is 0 Å². The van der Waals surface area contributed by atoms with Gasteiger partial charge >= 0.3 is 5.97 Å². The van der Waals surface area contributed by atoms with E-state index in [0.29, 0.717) is 13.1 Å². The molecule has 3 unspecified atom stereocenters. The minimum Gasteiger partial charge on any atom is -0.480 e. The van der Waals surface area contributed by atoms with Crippen LogP contribution in [0.1, 0.15) is 13.8 Å². The second kappa shape index (κ2) is 4.72. The van der Waals surface area contributed by atoms with Crippen molar-refractivity contribution in [1.82, 2.24) is 4.90 Å². The van der Waals surface area contributed by atoms with Crippen LogP contribution in [0.15, 0.2) is 0 Å². The maximum Gasteiger partial charge on any atom is 0.320 e. The Morgan fingerprint density at radius 1 is 1.64 bits per heavy atom. The summed E-state index contributed by atoms with van der Waals surface area (Å²) in [4.78, 5) is 12.6. The topological polar surface area (TPSA) is 70.0 Å². The van der Waals surface area contributed by atoms with Gasteiger partial charge in [-0.3, -0.25) is 9.69 Å². The minimum atomic E-state index is -0.837. The molecule has 1 aliphatic rings. The van der Waals surface area contributed by atoms with Gasteiger partial charge in [0.25, 0.3) is 0 Å². The summed E-state index contributed by atoms with van der Waals surface area (Å²) in [6.45, 7) is 4.55. The van der Waals surface area contributed by atoms with Crippen LogP contribution in [0.3, 0.4) is 0 Å². The molecule has 0 aliphatic carbocycles. The Balaban J connectivity index is 2.56. The van der Waals surface area contributed by atoms with E-state index in [0.717, 1.165) is 0 Å². The largest absolute Gasteiger partial charge is 0.480 e. The highest BCUT2D eigenvalue weighted by atomic mass is 16.5. The Labute approximate surface area is 83.3 Å². The van der Waals surface area contributed by atoms with E-state index in [4.69, 9.17) is 14.9 Å². The molecule has 1 rings (SSSR count). The van der Waals surface area contributed by atoms with E-state index in [1.807, 2.05) is 11.8 Å². The van der Waals surface area contributed by atoms with Gasteiger partial charge in [0.2, 0.25) is 0 Å². The highest BCUT2D eigenvalue weighted by molar-refractivity contribution is 5.72. The molecule has 0 bridgehead atoms. The second-order valence-corrected chi connectivity index (χ2v) is 3.72. The Bertz CT molecular complexity index is 209. The fourth-order valence-electron chi connectivity index (χ4n) is 1.65. The zero-order valence-corrected chi connectivity index (χ0v) is 8.51. The highest BCUT2D eigenvalue weighted by Crippen LogP contribution is 2.13. The first-order valence-corrected chi connectivity index (χ1v) is 4.77. The van der Waals surface area contributed by atoms with E-state index >= 15 is 0 Å². The maximum atomic E-state index is 10.8. The molecule has 1 fully saturated rings. The normalized spacial score (nSPS) is 31.4. The predicted octanol–water partition coefficient (Wildman–Crippen LogP) is -0.459. The third-order valence-corrected chi connectivity index (χ3v) is 2.46. The summed E-state index contributed by atoms with van der Waals surface area (Å²) < 4.78 is 5.41. The van der Waals surface area contributed by atoms with Crippen LogP contribution in [0, 0.1) is 0 Å². The molecule has 0 aromatic carbocycles. The fraction of sp³-hybridized carbons (Fsp3) is 0.889. The smallest absolute Gasteiger partial charge is 0.320 e. The van der Waals surface area contributed by atoms with Crippen molar-refractivity contribution in [2.75, 3.05) is 19.7 Å². The number of rotatable bonds is 3. The molecule has 1 heterocycles. The molecule has 2 N–H and O–H groups in total. The first kappa shape index (κ1) is 11.4. The van der Waals surface area contributed by atoms with Crippen LogP contribution in [0.5, 0.6) is 0 Å². The lowest BCUT2D eigenvalue weighted by Crippen LogP contribution is -2.53. The van der Waals surface area contributed by atoms with Crippen molar-refractivity contribution in [2.45, 2.75) is 32.1 Å². The predicted molar refractivity (Wildman–Crippen MR) is 50.1 cm³/mol. The Morgan fingerprint density at radius 3 is 2.79 bits per heavy atom. The summed E-state index contributed by atoms with van der Waals surface area (Å²) in [6.07, 6.45) is -0.289. The van der Waals surface area contributed by atoms with E-state index in [-0.39, 0.29) is 18.8 Å². The molecule has 0 aromatic heterocycles. The molecule has 0 aromatic rings. The van der Waals surface area contributed by atoms with Crippen LogP contribution in [0.25, 0.3) is 0 Å². The van der Waals surface area contributed by atoms with Crippen LogP contribution < -0.4 is 0 Å². The molecular formula is C9H17NO4. The maximum absolute atomic E-state index is 10.8. The van der Waals surface area contributed by atoms with Gasteiger partial charge in [0.1, 0.15) is 6.04 Å². The molecule has 0 saturated carbocycles. The first-order chi connectivity index (χ1) is 6.54. The van der Waals surface area contributed by atoms with Gasteiger partial charge in [-0.05, 0) is 13.8 Å². The Morgan fingerprint density at radius 2 is 2.29 bits per heavy atom. The molecule has 0 amide bonds. The number of morpholine rings is 1. The molecule has 0 radical (unpaired) electrons. The highest BCUT2D eigenvalue weighted by Gasteiger charge is 2.30. The SMILES string of the molecule is CC1CN(C(C)C(=O)O)CC(CO)O1. The van der Waals surface area contributed by atoms with E-state index in [2.05, 4.69) is 0 Å². The molecule has 1 saturated heterocycles. The van der Waals surface area contributed by atoms with E-state index in [1.54, 1.807) is 6.92 Å². The van der Waals surface area contributed by atoms with Gasteiger partial charge in [0.15, 0.2) is 0 Å². The van der Waals surface area contributed by atoms with Gasteiger partial charge < -0.3 is 14.9 Å². The second-order valence-electron chi connectivity index (χ2n) is 3.72. The number of hydrogen-bond donors (Lipinski definition) is 2. The van der Waals surface area contributed by atoms with E-state index in [9.17, 15) is 4.79 Å². The van der Waals surface area contributed by atoms with Crippen molar-refractivity contribution >= 4 is 5.97 Å². The third kappa shape index (κ3) is 2.67. The number of hydrogen-bond acceptors (Lipinski definition) is 4. The lowest BCUT2D eigenvalue weighted by Gasteiger charge is -2.37. The summed E-state index contributed by atoms with van der Waals surface area (Å²) in [7, 11) is 0. The number of ether oxygens (including phenoxy) is 1. The van der Waals surface area contributed by atoms with Gasteiger partial charge in [-0.1, -0.05) is 0 Å². The summed E-state index contributed by atoms with van der Waals surface area (Å²) in [6, 6.07) is -0.518. The fourth-order valence-corrected chi connectivity index (χ4v) is 1.65. The molecule has 82 valence electrons. The van der Waals surface area contributed by atoms with Crippen molar-refractivity contribution in [1.29, 1.82) is 0 Å². The summed E-state index contributed by atoms with van der Waals surface area (Å²) in [5.74, 6) is -0.837. The van der Waals surface area contributed by atoms with Crippen molar-refractivity contribution in [3.63, 3.8) is 0 Å². The molecule has 1 aliphatic heterocycles. The van der Waals surface area contributed by atoms with Crippen molar-refractivity contribution in [3.8, 4) is 0 Å². The quantitative estimate of drug-likeness (QED) is 0.649. The minimum absolute atomic E-state index is 0.0253. The number of carboxylic acid groups (broad SMARTS) is 1. The molecular weight excluding hydrogens is 186 g/mol. The standard InChI is InChI=1S/C9H17NO4/c1-6-3-10(7(2)9(12)13)4-8(5-11)14-6/h6-8,11H,3-5H2,1-2H3,(H,12,13). The Kier molecular flexibility index (Phi) is 3.86. The summed E-state index contributed by atoms with van der Waals surface area (Å²) in [5.41, 5.74) is 0. The average molecular weight is 203 g/mol. The average Bonchev–Trinajstić information content (AvgIpc) is 2.15. The monoisotopic (exact) mass is 203 g/mol. The summed E-state index contributed by atoms with van der Waals surface area (Å²) in [5, 5.41) is 17.8.